The molecule has 5 aromatic rings. The molecule has 1 aliphatic rings. The van der Waals surface area contributed by atoms with Gasteiger partial charge in [-0.3, -0.25) is 0 Å². The second kappa shape index (κ2) is 18.2. The molecule has 0 fully saturated rings. The first-order valence-electron chi connectivity index (χ1n) is 19.6. The Morgan fingerprint density at radius 2 is 1.11 bits per heavy atom. The fourth-order valence-corrected chi connectivity index (χ4v) is 13.5. The molecule has 0 spiro atoms. The van der Waals surface area contributed by atoms with Crippen LogP contribution in [0, 0.1) is 22.7 Å². The van der Waals surface area contributed by atoms with E-state index in [1.807, 2.05) is 68.4 Å². The Morgan fingerprint density at radius 1 is 0.585 bits per heavy atom. The van der Waals surface area contributed by atoms with E-state index >= 15 is 0 Å². The van der Waals surface area contributed by atoms with Gasteiger partial charge in [-0.1, -0.05) is 96.6 Å². The van der Waals surface area contributed by atoms with Crippen LogP contribution in [0.15, 0.2) is 66.2 Å². The first-order chi connectivity index (χ1) is 25.4. The number of hydrogen-bond acceptors (Lipinski definition) is 6. The Balaban J connectivity index is 1.39. The van der Waals surface area contributed by atoms with Crippen molar-refractivity contribution in [2.24, 2.45) is 10.8 Å². The number of thiophene rings is 5. The monoisotopic (exact) mass is 812 g/mol. The zero-order valence-corrected chi connectivity index (χ0v) is 37.9. The molecule has 6 rings (SSSR count). The normalized spacial score (nSPS) is 13.8. The Morgan fingerprint density at radius 3 is 1.68 bits per heavy atom. The number of unbranched alkanes of at least 4 members (excludes halogenated alkanes) is 6. The van der Waals surface area contributed by atoms with Crippen molar-refractivity contribution in [2.45, 2.75) is 120 Å². The third kappa shape index (κ3) is 10.8. The minimum atomic E-state index is -0.0489. The molecule has 0 saturated carbocycles. The molecule has 0 saturated heterocycles. The largest absolute Gasteiger partial charge is 0.139 e. The molecule has 6 heteroatoms. The van der Waals surface area contributed by atoms with Crippen molar-refractivity contribution in [3.63, 3.8) is 0 Å². The second-order valence-electron chi connectivity index (χ2n) is 16.3. The quantitative estimate of drug-likeness (QED) is 0.0749. The minimum Gasteiger partial charge on any atom is -0.139 e. The van der Waals surface area contributed by atoms with Crippen LogP contribution in [0.3, 0.4) is 0 Å². The predicted molar refractivity (Wildman–Crippen MR) is 247 cm³/mol. The van der Waals surface area contributed by atoms with E-state index in [0.717, 1.165) is 10.6 Å². The number of aryl methyl sites for hydroxylation is 2. The lowest BCUT2D eigenvalue weighted by Gasteiger charge is -2.28. The van der Waals surface area contributed by atoms with Crippen LogP contribution in [0.2, 0.25) is 0 Å². The van der Waals surface area contributed by atoms with Crippen LogP contribution in [-0.4, -0.2) is 5.75 Å². The van der Waals surface area contributed by atoms with E-state index in [2.05, 4.69) is 128 Å². The highest BCUT2D eigenvalue weighted by atomic mass is 32.2. The molecule has 0 bridgehead atoms. The second-order valence-corrected chi connectivity index (χ2v) is 22.8. The summed E-state index contributed by atoms with van der Waals surface area (Å²) in [6.45, 7) is 18.3. The molecule has 5 aromatic heterocycles. The molecule has 280 valence electrons. The van der Waals surface area contributed by atoms with Crippen molar-refractivity contribution >= 4 is 78.9 Å². The van der Waals surface area contributed by atoms with Gasteiger partial charge >= 0.3 is 0 Å². The smallest absolute Gasteiger partial charge is 0.0782 e. The number of rotatable bonds is 15. The summed E-state index contributed by atoms with van der Waals surface area (Å²) in [5.74, 6) is 8.14. The Labute approximate surface area is 344 Å². The van der Waals surface area contributed by atoms with Gasteiger partial charge in [-0.05, 0) is 106 Å². The molecule has 0 amide bonds. The maximum atomic E-state index is 3.59. The molecule has 0 nitrogen and oxygen atoms in total. The average molecular weight is 813 g/mol. The van der Waals surface area contributed by atoms with E-state index in [1.54, 1.807) is 0 Å². The van der Waals surface area contributed by atoms with Gasteiger partial charge in [-0.25, -0.2) is 0 Å². The highest BCUT2D eigenvalue weighted by molar-refractivity contribution is 8.09. The van der Waals surface area contributed by atoms with Crippen molar-refractivity contribution in [3.05, 3.63) is 90.6 Å². The van der Waals surface area contributed by atoms with Gasteiger partial charge in [0.1, 0.15) is 0 Å². The van der Waals surface area contributed by atoms with Crippen LogP contribution in [-0.2, 0) is 12.8 Å². The average Bonchev–Trinajstić information content (AvgIpc) is 3.96. The van der Waals surface area contributed by atoms with E-state index in [1.165, 1.54) is 130 Å². The molecular weight excluding hydrogens is 757 g/mol. The van der Waals surface area contributed by atoms with Gasteiger partial charge in [-0.2, -0.15) is 0 Å². The van der Waals surface area contributed by atoms with Crippen LogP contribution in [0.5, 0.6) is 0 Å². The highest BCUT2D eigenvalue weighted by Crippen LogP contribution is 2.52. The standard InChI is InChI=1S/C47H56S6/c1-9-11-13-15-17-33-19-21-40(49-33)42-25-23-38(52-42)36-29-32(47(6,7)8)31-48-44(36)45-37(30-35(51-45)27-28-46(3,4)5)39-24-26-43(53-39)41-22-20-34(50-41)18-16-14-12-10-2/h19-26,29-30H,9-18,31H2,1-8H3. The number of hydrogen-bond donors (Lipinski definition) is 0. The summed E-state index contributed by atoms with van der Waals surface area (Å²) in [7, 11) is 0. The molecule has 0 atom stereocenters. The molecule has 0 aromatic carbocycles. The molecule has 0 radical (unpaired) electrons. The van der Waals surface area contributed by atoms with E-state index < -0.39 is 0 Å². The summed E-state index contributed by atoms with van der Waals surface area (Å²) in [4.78, 5) is 15.2. The summed E-state index contributed by atoms with van der Waals surface area (Å²) in [6, 6.07) is 21.2. The van der Waals surface area contributed by atoms with Crippen LogP contribution in [0.1, 0.15) is 131 Å². The summed E-state index contributed by atoms with van der Waals surface area (Å²) in [5, 5.41) is 0. The zero-order chi connectivity index (χ0) is 37.6. The zero-order valence-electron chi connectivity index (χ0n) is 33.0. The van der Waals surface area contributed by atoms with E-state index in [-0.39, 0.29) is 10.8 Å². The maximum Gasteiger partial charge on any atom is 0.0782 e. The van der Waals surface area contributed by atoms with Crippen LogP contribution in [0.25, 0.3) is 40.4 Å². The van der Waals surface area contributed by atoms with Gasteiger partial charge in [0, 0.05) is 66.2 Å². The molecule has 1 aliphatic heterocycles. The first-order valence-corrected chi connectivity index (χ1v) is 24.6. The number of thioether (sulfide) groups is 1. The Hall–Kier alpha value is -2.11. The van der Waals surface area contributed by atoms with Gasteiger partial charge in [0.2, 0.25) is 0 Å². The fourth-order valence-electron chi connectivity index (χ4n) is 6.34. The maximum absolute atomic E-state index is 3.59. The van der Waals surface area contributed by atoms with Crippen molar-refractivity contribution in [2.75, 3.05) is 5.75 Å². The SMILES string of the molecule is CCCCCCc1ccc(-c2ccc(C3=C(c4sc(C#CC(C)(C)C)cc4-c4ccc(-c5ccc(CCCCCC)s5)s4)SCC(C(C)(C)C)=C3)s2)s1. The molecule has 6 heterocycles. The Kier molecular flexibility index (Phi) is 13.9. The van der Waals surface area contributed by atoms with Gasteiger partial charge in [0.25, 0.3) is 0 Å². The van der Waals surface area contributed by atoms with Crippen molar-refractivity contribution in [1.82, 2.24) is 0 Å². The van der Waals surface area contributed by atoms with Gasteiger partial charge in [0.05, 0.1) is 9.75 Å². The van der Waals surface area contributed by atoms with Crippen LogP contribution < -0.4 is 0 Å². The van der Waals surface area contributed by atoms with E-state index in [9.17, 15) is 0 Å². The lowest BCUT2D eigenvalue weighted by atomic mass is 9.86. The fraction of sp³-hybridized carbons (Fsp3) is 0.447. The van der Waals surface area contributed by atoms with E-state index in [0.29, 0.717) is 0 Å². The molecule has 53 heavy (non-hydrogen) atoms. The molecular formula is C47H56S6. The minimum absolute atomic E-state index is 0.0489. The van der Waals surface area contributed by atoms with Crippen LogP contribution >= 0.6 is 68.4 Å². The van der Waals surface area contributed by atoms with Crippen molar-refractivity contribution < 1.29 is 0 Å². The van der Waals surface area contributed by atoms with E-state index in [4.69, 9.17) is 0 Å². The highest BCUT2D eigenvalue weighted by Gasteiger charge is 2.28. The van der Waals surface area contributed by atoms with Gasteiger partial charge in [-0.15, -0.1) is 68.4 Å². The number of allylic oxidation sites excluding steroid dienone is 2. The molecule has 0 N–H and O–H groups in total. The molecule has 0 aliphatic carbocycles. The van der Waals surface area contributed by atoms with Crippen LogP contribution in [0.4, 0.5) is 0 Å². The lowest BCUT2D eigenvalue weighted by molar-refractivity contribution is 0.506. The summed E-state index contributed by atoms with van der Waals surface area (Å²) in [6.07, 6.45) is 15.4. The van der Waals surface area contributed by atoms with Crippen molar-refractivity contribution in [1.29, 1.82) is 0 Å². The van der Waals surface area contributed by atoms with Crippen molar-refractivity contribution in [3.8, 4) is 41.8 Å². The lowest BCUT2D eigenvalue weighted by Crippen LogP contribution is -2.14. The van der Waals surface area contributed by atoms with Gasteiger partial charge in [0.15, 0.2) is 0 Å². The van der Waals surface area contributed by atoms with Gasteiger partial charge < -0.3 is 0 Å². The topological polar surface area (TPSA) is 0 Å². The Bertz CT molecular complexity index is 2090. The summed E-state index contributed by atoms with van der Waals surface area (Å²) < 4.78 is 0. The predicted octanol–water partition coefficient (Wildman–Crippen LogP) is 17.2. The first kappa shape index (κ1) is 40.6. The summed E-state index contributed by atoms with van der Waals surface area (Å²) >= 11 is 11.8. The third-order valence-electron chi connectivity index (χ3n) is 9.50. The molecule has 0 unspecified atom stereocenters. The summed E-state index contributed by atoms with van der Waals surface area (Å²) in [5.41, 5.74) is 4.28. The third-order valence-corrected chi connectivity index (χ3v) is 16.8.